The van der Waals surface area contributed by atoms with Crippen molar-refractivity contribution < 1.29 is 5.11 Å². The molecule has 1 atom stereocenters. The van der Waals surface area contributed by atoms with E-state index in [0.717, 1.165) is 25.8 Å². The van der Waals surface area contributed by atoms with Crippen LogP contribution in [-0.4, -0.2) is 26.0 Å². The zero-order valence-electron chi connectivity index (χ0n) is 7.35. The first kappa shape index (κ1) is 9.19. The average molecular weight is 169 g/mol. The van der Waals surface area contributed by atoms with Gasteiger partial charge in [0, 0.05) is 6.54 Å². The number of hydrogen-bond donors (Lipinski definition) is 1. The van der Waals surface area contributed by atoms with E-state index in [9.17, 15) is 0 Å². The monoisotopic (exact) mass is 169 g/mol. The molecule has 4 nitrogen and oxygen atoms in total. The Morgan fingerprint density at radius 3 is 2.92 bits per heavy atom. The zero-order chi connectivity index (χ0) is 8.81. The lowest BCUT2D eigenvalue weighted by Crippen LogP contribution is -2.02. The molecule has 0 aliphatic heterocycles. The first-order valence-electron chi connectivity index (χ1n) is 4.29. The van der Waals surface area contributed by atoms with Gasteiger partial charge in [-0.15, -0.1) is 0 Å². The molecular weight excluding hydrogens is 154 g/mol. The van der Waals surface area contributed by atoms with Crippen molar-refractivity contribution in [2.24, 2.45) is 0 Å². The van der Waals surface area contributed by atoms with Gasteiger partial charge in [0.15, 0.2) is 0 Å². The molecule has 0 bridgehead atoms. The Balaban J connectivity index is 2.04. The minimum absolute atomic E-state index is 0.180. The lowest BCUT2D eigenvalue weighted by molar-refractivity contribution is 0.180. The zero-order valence-corrected chi connectivity index (χ0v) is 7.35. The Labute approximate surface area is 72.2 Å². The van der Waals surface area contributed by atoms with Gasteiger partial charge >= 0.3 is 0 Å². The van der Waals surface area contributed by atoms with Crippen LogP contribution in [0, 0.1) is 0 Å². The molecule has 1 aromatic heterocycles. The Hall–Kier alpha value is -0.900. The van der Waals surface area contributed by atoms with E-state index in [1.165, 1.54) is 6.33 Å². The van der Waals surface area contributed by atoms with Crippen molar-refractivity contribution in [3.05, 3.63) is 12.7 Å². The summed E-state index contributed by atoms with van der Waals surface area (Å²) in [5.41, 5.74) is 0. The highest BCUT2D eigenvalue weighted by molar-refractivity contribution is 4.56. The van der Waals surface area contributed by atoms with E-state index in [0.29, 0.717) is 0 Å². The fourth-order valence-electron chi connectivity index (χ4n) is 1.06. The van der Waals surface area contributed by atoms with Crippen molar-refractivity contribution in [3.8, 4) is 0 Å². The second-order valence-electron chi connectivity index (χ2n) is 3.00. The minimum atomic E-state index is -0.180. The van der Waals surface area contributed by atoms with Gasteiger partial charge in [0.05, 0.1) is 6.10 Å². The van der Waals surface area contributed by atoms with Gasteiger partial charge in [0.1, 0.15) is 12.7 Å². The maximum atomic E-state index is 8.97. The van der Waals surface area contributed by atoms with Gasteiger partial charge in [0.2, 0.25) is 0 Å². The number of aliphatic hydroxyl groups is 1. The summed E-state index contributed by atoms with van der Waals surface area (Å²) < 4.78 is 1.81. The predicted octanol–water partition coefficient (Wildman–Crippen LogP) is 0.829. The quantitative estimate of drug-likeness (QED) is 0.664. The second-order valence-corrected chi connectivity index (χ2v) is 3.00. The Morgan fingerprint density at radius 2 is 2.33 bits per heavy atom. The van der Waals surface area contributed by atoms with Crippen LogP contribution in [0.5, 0.6) is 0 Å². The summed E-state index contributed by atoms with van der Waals surface area (Å²) in [6, 6.07) is 0. The molecule has 1 heterocycles. The summed E-state index contributed by atoms with van der Waals surface area (Å²) in [7, 11) is 0. The third-order valence-corrected chi connectivity index (χ3v) is 1.73. The molecule has 1 aromatic rings. The second kappa shape index (κ2) is 4.87. The van der Waals surface area contributed by atoms with Crippen LogP contribution in [0.25, 0.3) is 0 Å². The van der Waals surface area contributed by atoms with Gasteiger partial charge in [-0.3, -0.25) is 4.68 Å². The van der Waals surface area contributed by atoms with Crippen LogP contribution in [0.2, 0.25) is 0 Å². The van der Waals surface area contributed by atoms with Crippen LogP contribution in [0.3, 0.4) is 0 Å². The summed E-state index contributed by atoms with van der Waals surface area (Å²) >= 11 is 0. The highest BCUT2D eigenvalue weighted by Gasteiger charge is 1.95. The molecule has 68 valence electrons. The van der Waals surface area contributed by atoms with Crippen molar-refractivity contribution in [2.75, 3.05) is 0 Å². The van der Waals surface area contributed by atoms with Gasteiger partial charge < -0.3 is 5.11 Å². The van der Waals surface area contributed by atoms with E-state index in [-0.39, 0.29) is 6.10 Å². The van der Waals surface area contributed by atoms with Crippen molar-refractivity contribution in [1.82, 2.24) is 14.8 Å². The number of aromatic nitrogens is 3. The Bertz CT molecular complexity index is 196. The first-order chi connectivity index (χ1) is 5.79. The van der Waals surface area contributed by atoms with E-state index in [1.807, 2.05) is 11.6 Å². The van der Waals surface area contributed by atoms with Crippen LogP contribution in [-0.2, 0) is 6.54 Å². The molecule has 0 saturated carbocycles. The van der Waals surface area contributed by atoms with Crippen LogP contribution >= 0.6 is 0 Å². The molecule has 0 aliphatic rings. The molecule has 0 amide bonds. The topological polar surface area (TPSA) is 50.9 Å². The van der Waals surface area contributed by atoms with Crippen LogP contribution in [0.1, 0.15) is 26.2 Å². The number of hydrogen-bond acceptors (Lipinski definition) is 3. The van der Waals surface area contributed by atoms with Gasteiger partial charge in [-0.2, -0.15) is 5.10 Å². The number of aryl methyl sites for hydroxylation is 1. The van der Waals surface area contributed by atoms with Gasteiger partial charge in [-0.25, -0.2) is 4.98 Å². The summed E-state index contributed by atoms with van der Waals surface area (Å²) in [6.45, 7) is 2.71. The lowest BCUT2D eigenvalue weighted by atomic mass is 10.2. The van der Waals surface area contributed by atoms with E-state index >= 15 is 0 Å². The number of unbranched alkanes of at least 4 members (excludes halogenated alkanes) is 1. The van der Waals surface area contributed by atoms with Crippen LogP contribution in [0.15, 0.2) is 12.7 Å². The standard InChI is InChI=1S/C8H15N3O/c1-8(12)4-2-3-5-11-7-9-6-10-11/h6-8,12H,2-5H2,1H3/t8-/m1/s1. The molecule has 0 aromatic carbocycles. The third-order valence-electron chi connectivity index (χ3n) is 1.73. The Kier molecular flexibility index (Phi) is 3.73. The van der Waals surface area contributed by atoms with Gasteiger partial charge in [0.25, 0.3) is 0 Å². The molecule has 0 spiro atoms. The molecule has 12 heavy (non-hydrogen) atoms. The molecule has 1 N–H and O–H groups in total. The fraction of sp³-hybridized carbons (Fsp3) is 0.750. The van der Waals surface area contributed by atoms with Crippen LogP contribution < -0.4 is 0 Å². The summed E-state index contributed by atoms with van der Waals surface area (Å²) in [5.74, 6) is 0. The van der Waals surface area contributed by atoms with Crippen molar-refractivity contribution >= 4 is 0 Å². The number of rotatable bonds is 5. The van der Waals surface area contributed by atoms with Gasteiger partial charge in [-0.05, 0) is 26.2 Å². The third kappa shape index (κ3) is 3.48. The molecule has 4 heteroatoms. The van der Waals surface area contributed by atoms with E-state index in [1.54, 1.807) is 6.33 Å². The van der Waals surface area contributed by atoms with Crippen molar-refractivity contribution in [1.29, 1.82) is 0 Å². The highest BCUT2D eigenvalue weighted by atomic mass is 16.3. The largest absolute Gasteiger partial charge is 0.393 e. The fourth-order valence-corrected chi connectivity index (χ4v) is 1.06. The molecule has 0 radical (unpaired) electrons. The molecule has 0 unspecified atom stereocenters. The molecule has 1 rings (SSSR count). The molecule has 0 saturated heterocycles. The van der Waals surface area contributed by atoms with Gasteiger partial charge in [-0.1, -0.05) is 0 Å². The summed E-state index contributed by atoms with van der Waals surface area (Å²) in [4.78, 5) is 3.84. The maximum Gasteiger partial charge on any atom is 0.137 e. The predicted molar refractivity (Wildman–Crippen MR) is 45.6 cm³/mol. The molecule has 0 aliphatic carbocycles. The average Bonchev–Trinajstić information content (AvgIpc) is 2.49. The first-order valence-corrected chi connectivity index (χ1v) is 4.29. The van der Waals surface area contributed by atoms with E-state index < -0.39 is 0 Å². The molecule has 0 fully saturated rings. The SMILES string of the molecule is C[C@@H](O)CCCCn1cncn1. The Morgan fingerprint density at radius 1 is 1.50 bits per heavy atom. The minimum Gasteiger partial charge on any atom is -0.393 e. The molecular formula is C8H15N3O. The maximum absolute atomic E-state index is 8.97. The van der Waals surface area contributed by atoms with Crippen LogP contribution in [0.4, 0.5) is 0 Å². The smallest absolute Gasteiger partial charge is 0.137 e. The lowest BCUT2D eigenvalue weighted by Gasteiger charge is -2.03. The van der Waals surface area contributed by atoms with Crippen molar-refractivity contribution in [2.45, 2.75) is 38.8 Å². The normalized spacial score (nSPS) is 13.2. The highest BCUT2D eigenvalue weighted by Crippen LogP contribution is 2.00. The number of nitrogens with zero attached hydrogens (tertiary/aromatic N) is 3. The van der Waals surface area contributed by atoms with E-state index in [4.69, 9.17) is 5.11 Å². The summed E-state index contributed by atoms with van der Waals surface area (Å²) in [6.07, 6.45) is 6.03. The number of aliphatic hydroxyl groups excluding tert-OH is 1. The van der Waals surface area contributed by atoms with E-state index in [2.05, 4.69) is 10.1 Å². The van der Waals surface area contributed by atoms with Crippen molar-refractivity contribution in [3.63, 3.8) is 0 Å². The summed E-state index contributed by atoms with van der Waals surface area (Å²) in [5, 5.41) is 13.0.